The zero-order chi connectivity index (χ0) is 4.71. The van der Waals surface area contributed by atoms with Gasteiger partial charge in [0.1, 0.15) is 0 Å². The molecule has 0 bridgehead atoms. The number of hydrogen-bond donors (Lipinski definition) is 0. The average Bonchev–Trinajstić information content (AvgIpc) is 1.46. The monoisotopic (exact) mass is 313 g/mol. The summed E-state index contributed by atoms with van der Waals surface area (Å²) in [5.41, 5.74) is 0. The van der Waals surface area contributed by atoms with Crippen LogP contribution in [0.1, 0.15) is 0 Å². The third-order valence-corrected chi connectivity index (χ3v) is 0. The molecule has 0 saturated carbocycles. The summed E-state index contributed by atoms with van der Waals surface area (Å²) in [6.45, 7) is 0. The molecule has 3 nitrogen and oxygen atoms in total. The van der Waals surface area contributed by atoms with Gasteiger partial charge in [-0.15, -0.1) is 0 Å². The Morgan fingerprint density at radius 1 is 1.20 bits per heavy atom. The summed E-state index contributed by atoms with van der Waals surface area (Å²) in [7, 11) is 0. The van der Waals surface area contributed by atoms with E-state index >= 15 is 0 Å². The van der Waals surface area contributed by atoms with Gasteiger partial charge in [-0.3, -0.25) is 0 Å². The summed E-state index contributed by atoms with van der Waals surface area (Å²) in [5, 5.41) is 0. The Kier molecular flexibility index (Phi) is 39.6. The maximum absolute atomic E-state index is 8.41. The zero-order valence-electron chi connectivity index (χ0n) is 2.10. The minimum absolute atomic E-state index is 0.0556. The molecule has 0 radical (unpaired) electrons. The third-order valence-electron chi connectivity index (χ3n) is 0. The Bertz CT molecular complexity index is 36.2. The first-order valence-electron chi connectivity index (χ1n) is 0.513. The van der Waals surface area contributed by atoms with Crippen LogP contribution in [0.3, 0.4) is 0 Å². The van der Waals surface area contributed by atoms with Crippen molar-refractivity contribution in [2.24, 2.45) is 0 Å². The van der Waals surface area contributed by atoms with Crippen molar-refractivity contribution >= 4 is 24.7 Å². The first kappa shape index (κ1) is 9.26. The fourth-order valence-electron chi connectivity index (χ4n) is 0. The molecule has 0 aromatic rings. The van der Waals surface area contributed by atoms with Crippen LogP contribution in [-0.2, 0) is 25.3 Å². The van der Waals surface area contributed by atoms with Gasteiger partial charge in [-0.05, 0) is 0 Å². The van der Waals surface area contributed by atoms with E-state index in [1.807, 2.05) is 0 Å². The van der Waals surface area contributed by atoms with E-state index < -0.39 is 14.8 Å². The van der Waals surface area contributed by atoms with E-state index in [4.69, 9.17) is 10.5 Å². The average molecular weight is 313 g/mol. The van der Waals surface area contributed by atoms with E-state index in [0.29, 0.717) is 0 Å². The van der Waals surface area contributed by atoms with E-state index in [2.05, 4.69) is 0 Å². The normalized spacial score (nSPS) is 3.20. The van der Waals surface area contributed by atoms with Crippen LogP contribution in [0.25, 0.3) is 0 Å². The first-order chi connectivity index (χ1) is 2.41. The molecule has 0 spiro atoms. The molecular formula is HBiMnO3. The van der Waals surface area contributed by atoms with Gasteiger partial charge in [-0.2, -0.15) is 0 Å². The molecule has 0 amide bonds. The van der Waals surface area contributed by atoms with Gasteiger partial charge in [0.25, 0.3) is 0 Å². The summed E-state index contributed by atoms with van der Waals surface area (Å²) in [4.78, 5) is 0. The molecule has 0 aromatic carbocycles. The van der Waals surface area contributed by atoms with Crippen LogP contribution in [0.5, 0.6) is 0 Å². The Hall–Kier alpha value is 0.803. The molecule has 0 rings (SSSR count). The van der Waals surface area contributed by atoms with E-state index in [1.165, 1.54) is 0 Å². The SMILES string of the molecule is [O]=[BiH].[O]=[Mn]=[O]. The van der Waals surface area contributed by atoms with Gasteiger partial charge >= 0.3 is 50.0 Å². The summed E-state index contributed by atoms with van der Waals surface area (Å²) in [6.07, 6.45) is 0. The Morgan fingerprint density at radius 3 is 1.20 bits per heavy atom. The first-order valence-corrected chi connectivity index (χ1v) is 3.06. The second-order valence-corrected chi connectivity index (χ2v) is 0.260. The summed E-state index contributed by atoms with van der Waals surface area (Å²) < 4.78 is 25.2. The van der Waals surface area contributed by atoms with Gasteiger partial charge in [-0.1, -0.05) is 0 Å². The second-order valence-electron chi connectivity index (χ2n) is 0.0630. The summed E-state index contributed by atoms with van der Waals surface area (Å²) >= 11 is -1.38. The molecule has 0 atom stereocenters. The molecule has 0 heterocycles. The zero-order valence-corrected chi connectivity index (χ0v) is 7.17. The summed E-state index contributed by atoms with van der Waals surface area (Å²) in [5.74, 6) is 0. The number of hydrogen-bond acceptors (Lipinski definition) is 3. The van der Waals surface area contributed by atoms with E-state index in [0.717, 1.165) is 0 Å². The Morgan fingerprint density at radius 2 is 1.20 bits per heavy atom. The van der Waals surface area contributed by atoms with Crippen LogP contribution >= 0.6 is 0 Å². The van der Waals surface area contributed by atoms with Crippen molar-refractivity contribution in [2.45, 2.75) is 0 Å². The quantitative estimate of drug-likeness (QED) is 0.539. The van der Waals surface area contributed by atoms with E-state index in [9.17, 15) is 0 Å². The number of rotatable bonds is 0. The Balaban J connectivity index is 0. The van der Waals surface area contributed by atoms with Gasteiger partial charge in [0.2, 0.25) is 0 Å². The van der Waals surface area contributed by atoms with Crippen molar-refractivity contribution in [3.05, 3.63) is 0 Å². The van der Waals surface area contributed by atoms with Gasteiger partial charge in [0, 0.05) is 0 Å². The van der Waals surface area contributed by atoms with Crippen LogP contribution in [0.15, 0.2) is 0 Å². The molecule has 0 fully saturated rings. The molecule has 5 heavy (non-hydrogen) atoms. The van der Waals surface area contributed by atoms with Crippen LogP contribution in [0.4, 0.5) is 0 Å². The predicted octanol–water partition coefficient (Wildman–Crippen LogP) is -1.01. The van der Waals surface area contributed by atoms with Crippen molar-refractivity contribution in [1.29, 1.82) is 0 Å². The summed E-state index contributed by atoms with van der Waals surface area (Å²) in [6, 6.07) is 0. The topological polar surface area (TPSA) is 51.2 Å². The Labute approximate surface area is 50.0 Å². The molecule has 5 heteroatoms. The van der Waals surface area contributed by atoms with Crippen molar-refractivity contribution in [2.75, 3.05) is 0 Å². The molecule has 0 aliphatic rings. The predicted molar refractivity (Wildman–Crippen MR) is 9.21 cm³/mol. The molecule has 0 aromatic heterocycles. The van der Waals surface area contributed by atoms with Crippen LogP contribution in [0.2, 0.25) is 0 Å². The van der Waals surface area contributed by atoms with E-state index in [-0.39, 0.29) is 24.7 Å². The van der Waals surface area contributed by atoms with Crippen molar-refractivity contribution in [3.63, 3.8) is 0 Å². The molecule has 0 aliphatic carbocycles. The minimum atomic E-state index is -1.44. The molecule has 0 saturated heterocycles. The third kappa shape index (κ3) is 58.6. The molecule has 0 aliphatic heterocycles. The van der Waals surface area contributed by atoms with Crippen molar-refractivity contribution < 1.29 is 25.3 Å². The standard InChI is InChI=1S/Bi.Mn.3O.H. The van der Waals surface area contributed by atoms with Crippen LogP contribution < -0.4 is 0 Å². The molecular weight excluding hydrogens is 312 g/mol. The van der Waals surface area contributed by atoms with Crippen LogP contribution in [-0.4, -0.2) is 24.7 Å². The van der Waals surface area contributed by atoms with Crippen molar-refractivity contribution in [3.8, 4) is 0 Å². The van der Waals surface area contributed by atoms with Gasteiger partial charge in [-0.25, -0.2) is 0 Å². The molecule has 0 N–H and O–H groups in total. The molecule has 31 valence electrons. The van der Waals surface area contributed by atoms with Gasteiger partial charge in [0.15, 0.2) is 0 Å². The maximum atomic E-state index is 8.41. The van der Waals surface area contributed by atoms with Gasteiger partial charge < -0.3 is 0 Å². The van der Waals surface area contributed by atoms with E-state index in [1.54, 1.807) is 0 Å². The van der Waals surface area contributed by atoms with Gasteiger partial charge in [0.05, 0.1) is 0 Å². The fourth-order valence-corrected chi connectivity index (χ4v) is 0. The van der Waals surface area contributed by atoms with Crippen molar-refractivity contribution in [1.82, 2.24) is 0 Å². The molecule has 0 unspecified atom stereocenters. The second kappa shape index (κ2) is 21.4. The van der Waals surface area contributed by atoms with Crippen LogP contribution in [0, 0.1) is 0 Å². The fraction of sp³-hybridized carbons (Fsp3) is 0.